The summed E-state index contributed by atoms with van der Waals surface area (Å²) in [4.78, 5) is 15.4. The highest BCUT2D eigenvalue weighted by molar-refractivity contribution is 5.90. The molecule has 164 valence electrons. The highest BCUT2D eigenvalue weighted by atomic mass is 16.5. The number of likely N-dealkylation sites (tertiary alicyclic amines) is 1. The summed E-state index contributed by atoms with van der Waals surface area (Å²) in [6, 6.07) is 10.5. The average Bonchev–Trinajstić information content (AvgIpc) is 3.17. The number of hydrogen-bond acceptors (Lipinski definition) is 7. The van der Waals surface area contributed by atoms with Gasteiger partial charge in [0.25, 0.3) is 0 Å². The molecule has 0 spiro atoms. The van der Waals surface area contributed by atoms with Gasteiger partial charge in [-0.25, -0.2) is 0 Å². The fourth-order valence-electron chi connectivity index (χ4n) is 4.57. The number of benzene rings is 2. The molecule has 1 aliphatic rings. The molecule has 4 rings (SSSR count). The number of para-hydroxylation sites is 1. The van der Waals surface area contributed by atoms with Crippen LogP contribution in [0.5, 0.6) is 17.2 Å². The van der Waals surface area contributed by atoms with Gasteiger partial charge in [0.2, 0.25) is 0 Å². The first-order chi connectivity index (χ1) is 15.0. The van der Waals surface area contributed by atoms with Crippen LogP contribution < -0.4 is 19.6 Å². The molecule has 1 saturated heterocycles. The van der Waals surface area contributed by atoms with Gasteiger partial charge in [0.05, 0.1) is 33.5 Å². The molecular formula is C24H27NO6. The number of aliphatic hydroxyl groups is 1. The van der Waals surface area contributed by atoms with Crippen LogP contribution >= 0.6 is 0 Å². The maximum atomic E-state index is 13.3. The van der Waals surface area contributed by atoms with Crippen LogP contribution in [0.1, 0.15) is 17.9 Å². The van der Waals surface area contributed by atoms with Gasteiger partial charge in [-0.3, -0.25) is 4.79 Å². The second-order valence-corrected chi connectivity index (χ2v) is 7.70. The Balaban J connectivity index is 2.06. The van der Waals surface area contributed by atoms with Crippen molar-refractivity contribution >= 4 is 11.0 Å². The lowest BCUT2D eigenvalue weighted by Gasteiger charge is -2.25. The molecule has 31 heavy (non-hydrogen) atoms. The zero-order valence-electron chi connectivity index (χ0n) is 18.2. The van der Waals surface area contributed by atoms with Crippen molar-refractivity contribution in [1.82, 2.24) is 4.90 Å². The maximum absolute atomic E-state index is 13.3. The monoisotopic (exact) mass is 425 g/mol. The molecule has 3 aromatic rings. The Labute approximate surface area is 180 Å². The molecule has 1 aliphatic heterocycles. The molecule has 1 fully saturated rings. The Morgan fingerprint density at radius 1 is 1.06 bits per heavy atom. The number of rotatable bonds is 6. The van der Waals surface area contributed by atoms with Crippen molar-refractivity contribution in [2.24, 2.45) is 0 Å². The van der Waals surface area contributed by atoms with E-state index in [1.54, 1.807) is 20.3 Å². The Hall–Kier alpha value is -3.03. The van der Waals surface area contributed by atoms with Crippen molar-refractivity contribution in [3.63, 3.8) is 0 Å². The van der Waals surface area contributed by atoms with Crippen molar-refractivity contribution in [1.29, 1.82) is 0 Å². The summed E-state index contributed by atoms with van der Waals surface area (Å²) in [5.74, 6) is 1.91. The predicted molar refractivity (Wildman–Crippen MR) is 118 cm³/mol. The molecule has 0 bridgehead atoms. The van der Waals surface area contributed by atoms with Crippen LogP contribution in [0.15, 0.2) is 45.6 Å². The van der Waals surface area contributed by atoms with Crippen LogP contribution in [-0.2, 0) is 0 Å². The lowest BCUT2D eigenvalue weighted by atomic mass is 9.89. The van der Waals surface area contributed by atoms with Gasteiger partial charge in [-0.15, -0.1) is 0 Å². The molecule has 1 N–H and O–H groups in total. The van der Waals surface area contributed by atoms with Crippen LogP contribution in [-0.4, -0.2) is 57.6 Å². The summed E-state index contributed by atoms with van der Waals surface area (Å²) in [5, 5.41) is 10.4. The first-order valence-electron chi connectivity index (χ1n) is 10.2. The standard InChI is InChI=1S/C24H27NO6/c1-25-10-9-14(16(25)13-26)22-20(29-3)12-21(30-4)23-17(27)11-19(31-24(22)23)15-7-5-6-8-18(15)28-2/h5-8,11-12,14,16,26H,9-10,13H2,1-4H3. The predicted octanol–water partition coefficient (Wildman–Crippen LogP) is 3.27. The lowest BCUT2D eigenvalue weighted by Crippen LogP contribution is -2.32. The number of methoxy groups -OCH3 is 3. The lowest BCUT2D eigenvalue weighted by molar-refractivity contribution is 0.171. The normalized spacial score (nSPS) is 19.0. The number of nitrogens with zero attached hydrogens (tertiary/aromatic N) is 1. The fourth-order valence-corrected chi connectivity index (χ4v) is 4.57. The maximum Gasteiger partial charge on any atom is 0.197 e. The third-order valence-electron chi connectivity index (χ3n) is 6.16. The van der Waals surface area contributed by atoms with E-state index >= 15 is 0 Å². The third kappa shape index (κ3) is 3.54. The SMILES string of the molecule is COc1ccccc1-c1cc(=O)c2c(OC)cc(OC)c(C3CCN(C)C3CO)c2o1. The molecule has 1 aromatic heterocycles. The summed E-state index contributed by atoms with van der Waals surface area (Å²) in [6.45, 7) is 0.817. The van der Waals surface area contributed by atoms with E-state index in [0.717, 1.165) is 18.5 Å². The molecular weight excluding hydrogens is 398 g/mol. The highest BCUT2D eigenvalue weighted by Crippen LogP contribution is 2.45. The smallest absolute Gasteiger partial charge is 0.197 e. The van der Waals surface area contributed by atoms with Crippen molar-refractivity contribution in [2.45, 2.75) is 18.4 Å². The van der Waals surface area contributed by atoms with Crippen LogP contribution in [0.25, 0.3) is 22.3 Å². The summed E-state index contributed by atoms with van der Waals surface area (Å²) in [7, 11) is 6.66. The molecule has 0 saturated carbocycles. The van der Waals surface area contributed by atoms with Gasteiger partial charge in [0, 0.05) is 29.7 Å². The van der Waals surface area contributed by atoms with E-state index in [4.69, 9.17) is 18.6 Å². The second kappa shape index (κ2) is 8.61. The van der Waals surface area contributed by atoms with Gasteiger partial charge >= 0.3 is 0 Å². The molecule has 2 unspecified atom stereocenters. The molecule has 0 amide bonds. The Morgan fingerprint density at radius 3 is 2.45 bits per heavy atom. The number of hydrogen-bond donors (Lipinski definition) is 1. The molecule has 0 radical (unpaired) electrons. The summed E-state index contributed by atoms with van der Waals surface area (Å²) in [6.07, 6.45) is 0.808. The quantitative estimate of drug-likeness (QED) is 0.649. The minimum Gasteiger partial charge on any atom is -0.496 e. The van der Waals surface area contributed by atoms with Crippen LogP contribution in [0.4, 0.5) is 0 Å². The van der Waals surface area contributed by atoms with Crippen molar-refractivity contribution in [2.75, 3.05) is 41.5 Å². The number of ether oxygens (including phenoxy) is 3. The van der Waals surface area contributed by atoms with E-state index in [1.807, 2.05) is 31.3 Å². The average molecular weight is 425 g/mol. The Morgan fingerprint density at radius 2 is 1.77 bits per heavy atom. The Bertz CT molecular complexity index is 1150. The van der Waals surface area contributed by atoms with E-state index in [2.05, 4.69) is 4.90 Å². The highest BCUT2D eigenvalue weighted by Gasteiger charge is 2.37. The molecule has 2 heterocycles. The van der Waals surface area contributed by atoms with Crippen LogP contribution in [0.2, 0.25) is 0 Å². The zero-order chi connectivity index (χ0) is 22.1. The summed E-state index contributed by atoms with van der Waals surface area (Å²) >= 11 is 0. The first kappa shape index (κ1) is 21.2. The van der Waals surface area contributed by atoms with Gasteiger partial charge < -0.3 is 28.6 Å². The fraction of sp³-hybridized carbons (Fsp3) is 0.375. The third-order valence-corrected chi connectivity index (χ3v) is 6.16. The minimum absolute atomic E-state index is 0.00568. The van der Waals surface area contributed by atoms with E-state index in [0.29, 0.717) is 39.5 Å². The first-order valence-corrected chi connectivity index (χ1v) is 10.2. The molecule has 0 aliphatic carbocycles. The largest absolute Gasteiger partial charge is 0.496 e. The van der Waals surface area contributed by atoms with Crippen molar-refractivity contribution in [3.8, 4) is 28.6 Å². The number of aliphatic hydroxyl groups excluding tert-OH is 1. The van der Waals surface area contributed by atoms with E-state index in [-0.39, 0.29) is 24.0 Å². The van der Waals surface area contributed by atoms with Gasteiger partial charge in [0.1, 0.15) is 34.0 Å². The Kier molecular flexibility index (Phi) is 5.89. The molecule has 7 nitrogen and oxygen atoms in total. The molecule has 2 aromatic carbocycles. The molecule has 7 heteroatoms. The van der Waals surface area contributed by atoms with Crippen LogP contribution in [0.3, 0.4) is 0 Å². The topological polar surface area (TPSA) is 81.4 Å². The van der Waals surface area contributed by atoms with Crippen molar-refractivity contribution < 1.29 is 23.7 Å². The molecule has 2 atom stereocenters. The summed E-state index contributed by atoms with van der Waals surface area (Å²) < 4.78 is 23.1. The number of fused-ring (bicyclic) bond motifs is 1. The van der Waals surface area contributed by atoms with Gasteiger partial charge in [-0.1, -0.05) is 12.1 Å². The van der Waals surface area contributed by atoms with E-state index in [9.17, 15) is 9.90 Å². The van der Waals surface area contributed by atoms with Gasteiger partial charge in [-0.2, -0.15) is 0 Å². The minimum atomic E-state index is -0.213. The number of likely N-dealkylation sites (N-methyl/N-ethyl adjacent to an activating group) is 1. The van der Waals surface area contributed by atoms with Crippen LogP contribution in [0, 0.1) is 0 Å². The van der Waals surface area contributed by atoms with E-state index in [1.165, 1.54) is 13.2 Å². The summed E-state index contributed by atoms with van der Waals surface area (Å²) in [5.41, 5.74) is 1.66. The van der Waals surface area contributed by atoms with E-state index < -0.39 is 0 Å². The van der Waals surface area contributed by atoms with Gasteiger partial charge in [-0.05, 0) is 32.1 Å². The van der Waals surface area contributed by atoms with Gasteiger partial charge in [0.15, 0.2) is 5.43 Å². The zero-order valence-corrected chi connectivity index (χ0v) is 18.2. The second-order valence-electron chi connectivity index (χ2n) is 7.70. The van der Waals surface area contributed by atoms with Crippen molar-refractivity contribution in [3.05, 3.63) is 52.2 Å².